The number of amides is 1. The highest BCUT2D eigenvalue weighted by atomic mass is 35.5. The van der Waals surface area contributed by atoms with Crippen molar-refractivity contribution in [2.45, 2.75) is 26.2 Å². The SMILES string of the molecule is Cc1cc(Cl)cc(C(=O)N2CCCCC2)c1. The first kappa shape index (κ1) is 11.5. The van der Waals surface area contributed by atoms with Gasteiger partial charge in [-0.25, -0.2) is 0 Å². The van der Waals surface area contributed by atoms with Gasteiger partial charge in [0.15, 0.2) is 0 Å². The van der Waals surface area contributed by atoms with Gasteiger partial charge in [0.2, 0.25) is 0 Å². The van der Waals surface area contributed by atoms with Gasteiger partial charge in [-0.2, -0.15) is 0 Å². The van der Waals surface area contributed by atoms with Crippen molar-refractivity contribution in [3.63, 3.8) is 0 Å². The summed E-state index contributed by atoms with van der Waals surface area (Å²) in [6.45, 7) is 3.72. The van der Waals surface area contributed by atoms with Crippen molar-refractivity contribution in [2.24, 2.45) is 0 Å². The third-order valence-electron chi connectivity index (χ3n) is 2.93. The van der Waals surface area contributed by atoms with Crippen molar-refractivity contribution in [3.8, 4) is 0 Å². The second-order valence-electron chi connectivity index (χ2n) is 4.37. The van der Waals surface area contributed by atoms with E-state index in [0.29, 0.717) is 10.6 Å². The number of hydrogen-bond acceptors (Lipinski definition) is 1. The van der Waals surface area contributed by atoms with Gasteiger partial charge in [-0.1, -0.05) is 11.6 Å². The summed E-state index contributed by atoms with van der Waals surface area (Å²) in [5.41, 5.74) is 1.75. The summed E-state index contributed by atoms with van der Waals surface area (Å²) in [7, 11) is 0. The molecular weight excluding hydrogens is 222 g/mol. The van der Waals surface area contributed by atoms with Crippen LogP contribution in [0, 0.1) is 6.92 Å². The zero-order chi connectivity index (χ0) is 11.5. The average molecular weight is 238 g/mol. The van der Waals surface area contributed by atoms with E-state index in [1.54, 1.807) is 6.07 Å². The maximum Gasteiger partial charge on any atom is 0.253 e. The molecule has 1 aliphatic heterocycles. The first-order valence-corrected chi connectivity index (χ1v) is 6.11. The van der Waals surface area contributed by atoms with Gasteiger partial charge in [0, 0.05) is 23.7 Å². The molecule has 0 aliphatic carbocycles. The highest BCUT2D eigenvalue weighted by Gasteiger charge is 2.18. The Morgan fingerprint density at radius 1 is 1.19 bits per heavy atom. The highest BCUT2D eigenvalue weighted by Crippen LogP contribution is 2.18. The number of carbonyl (C=O) groups is 1. The Hall–Kier alpha value is -1.02. The fraction of sp³-hybridized carbons (Fsp3) is 0.462. The molecule has 2 rings (SSSR count). The molecule has 1 aliphatic rings. The zero-order valence-electron chi connectivity index (χ0n) is 9.50. The largest absolute Gasteiger partial charge is 0.339 e. The van der Waals surface area contributed by atoms with Gasteiger partial charge in [-0.05, 0) is 49.9 Å². The molecule has 1 amide bonds. The number of rotatable bonds is 1. The van der Waals surface area contributed by atoms with Gasteiger partial charge in [0.1, 0.15) is 0 Å². The average Bonchev–Trinajstić information content (AvgIpc) is 2.28. The summed E-state index contributed by atoms with van der Waals surface area (Å²) in [4.78, 5) is 14.1. The van der Waals surface area contributed by atoms with Crippen LogP contribution in [0.2, 0.25) is 5.02 Å². The summed E-state index contributed by atoms with van der Waals surface area (Å²) in [5.74, 6) is 0.116. The van der Waals surface area contributed by atoms with E-state index >= 15 is 0 Å². The van der Waals surface area contributed by atoms with Gasteiger partial charge >= 0.3 is 0 Å². The van der Waals surface area contributed by atoms with E-state index in [2.05, 4.69) is 0 Å². The van der Waals surface area contributed by atoms with E-state index in [-0.39, 0.29) is 5.91 Å². The van der Waals surface area contributed by atoms with Crippen LogP contribution in [0.1, 0.15) is 35.2 Å². The molecule has 1 saturated heterocycles. The van der Waals surface area contributed by atoms with Crippen molar-refractivity contribution in [2.75, 3.05) is 13.1 Å². The zero-order valence-corrected chi connectivity index (χ0v) is 10.3. The predicted molar refractivity (Wildman–Crippen MR) is 65.9 cm³/mol. The van der Waals surface area contributed by atoms with Crippen LogP contribution in [0.5, 0.6) is 0 Å². The van der Waals surface area contributed by atoms with Crippen LogP contribution in [0.25, 0.3) is 0 Å². The molecule has 1 fully saturated rings. The molecule has 0 radical (unpaired) electrons. The molecule has 1 heterocycles. The van der Waals surface area contributed by atoms with Crippen LogP contribution < -0.4 is 0 Å². The molecule has 16 heavy (non-hydrogen) atoms. The Labute approximate surface area is 101 Å². The quantitative estimate of drug-likeness (QED) is 0.734. The fourth-order valence-electron chi connectivity index (χ4n) is 2.14. The Morgan fingerprint density at radius 2 is 1.88 bits per heavy atom. The van der Waals surface area contributed by atoms with Crippen LogP contribution in [-0.4, -0.2) is 23.9 Å². The third kappa shape index (κ3) is 2.56. The molecule has 2 nitrogen and oxygen atoms in total. The second kappa shape index (κ2) is 4.88. The number of carbonyl (C=O) groups excluding carboxylic acids is 1. The first-order chi connectivity index (χ1) is 7.66. The molecule has 0 saturated carbocycles. The lowest BCUT2D eigenvalue weighted by Gasteiger charge is -2.26. The van der Waals surface area contributed by atoms with E-state index in [4.69, 9.17) is 11.6 Å². The Bertz CT molecular complexity index is 377. The van der Waals surface area contributed by atoms with Crippen LogP contribution in [0.15, 0.2) is 18.2 Å². The molecule has 0 N–H and O–H groups in total. The normalized spacial score (nSPS) is 16.2. The molecular formula is C13H16ClNO. The summed E-state index contributed by atoms with van der Waals surface area (Å²) in [6.07, 6.45) is 3.47. The van der Waals surface area contributed by atoms with Crippen LogP contribution >= 0.6 is 11.6 Å². The molecule has 86 valence electrons. The van der Waals surface area contributed by atoms with Crippen molar-refractivity contribution < 1.29 is 4.79 Å². The topological polar surface area (TPSA) is 20.3 Å². The highest BCUT2D eigenvalue weighted by molar-refractivity contribution is 6.31. The molecule has 1 aromatic carbocycles. The van der Waals surface area contributed by atoms with Gasteiger partial charge < -0.3 is 4.90 Å². The minimum Gasteiger partial charge on any atom is -0.339 e. The Kier molecular flexibility index (Phi) is 3.49. The monoisotopic (exact) mass is 237 g/mol. The van der Waals surface area contributed by atoms with Crippen molar-refractivity contribution in [1.82, 2.24) is 4.90 Å². The molecule has 0 atom stereocenters. The van der Waals surface area contributed by atoms with Gasteiger partial charge in [0.05, 0.1) is 0 Å². The lowest BCUT2D eigenvalue weighted by atomic mass is 10.1. The molecule has 0 unspecified atom stereocenters. The standard InChI is InChI=1S/C13H16ClNO/c1-10-7-11(9-12(14)8-10)13(16)15-5-3-2-4-6-15/h7-9H,2-6H2,1H3. The summed E-state index contributed by atoms with van der Waals surface area (Å²) in [5, 5.41) is 0.639. The number of hydrogen-bond donors (Lipinski definition) is 0. The maximum absolute atomic E-state index is 12.2. The number of likely N-dealkylation sites (tertiary alicyclic amines) is 1. The number of halogens is 1. The summed E-state index contributed by atoms with van der Waals surface area (Å²) < 4.78 is 0. The number of nitrogens with zero attached hydrogens (tertiary/aromatic N) is 1. The lowest BCUT2D eigenvalue weighted by Crippen LogP contribution is -2.35. The molecule has 0 bridgehead atoms. The van der Waals surface area contributed by atoms with Crippen molar-refractivity contribution in [3.05, 3.63) is 34.3 Å². The Balaban J connectivity index is 2.19. The van der Waals surface area contributed by atoms with E-state index in [1.165, 1.54) is 6.42 Å². The predicted octanol–water partition coefficient (Wildman–Crippen LogP) is 3.27. The minimum absolute atomic E-state index is 0.116. The van der Waals surface area contributed by atoms with Crippen LogP contribution in [-0.2, 0) is 0 Å². The number of aryl methyl sites for hydroxylation is 1. The smallest absolute Gasteiger partial charge is 0.253 e. The van der Waals surface area contributed by atoms with E-state index < -0.39 is 0 Å². The van der Waals surface area contributed by atoms with Gasteiger partial charge in [0.25, 0.3) is 5.91 Å². The maximum atomic E-state index is 12.2. The third-order valence-corrected chi connectivity index (χ3v) is 3.15. The lowest BCUT2D eigenvalue weighted by molar-refractivity contribution is 0.0724. The number of benzene rings is 1. The molecule has 1 aromatic rings. The van der Waals surface area contributed by atoms with Crippen LogP contribution in [0.4, 0.5) is 0 Å². The molecule has 0 aromatic heterocycles. The first-order valence-electron chi connectivity index (χ1n) is 5.73. The van der Waals surface area contributed by atoms with Crippen molar-refractivity contribution in [1.29, 1.82) is 0 Å². The van der Waals surface area contributed by atoms with E-state index in [1.807, 2.05) is 24.0 Å². The Morgan fingerprint density at radius 3 is 2.50 bits per heavy atom. The van der Waals surface area contributed by atoms with Crippen molar-refractivity contribution >= 4 is 17.5 Å². The molecule has 3 heteroatoms. The number of piperidine rings is 1. The summed E-state index contributed by atoms with van der Waals surface area (Å²) >= 11 is 5.96. The van der Waals surface area contributed by atoms with Crippen LogP contribution in [0.3, 0.4) is 0 Å². The van der Waals surface area contributed by atoms with Gasteiger partial charge in [-0.3, -0.25) is 4.79 Å². The van der Waals surface area contributed by atoms with E-state index in [0.717, 1.165) is 31.5 Å². The fourth-order valence-corrected chi connectivity index (χ4v) is 2.43. The second-order valence-corrected chi connectivity index (χ2v) is 4.81. The van der Waals surface area contributed by atoms with Gasteiger partial charge in [-0.15, -0.1) is 0 Å². The van der Waals surface area contributed by atoms with E-state index in [9.17, 15) is 4.79 Å². The summed E-state index contributed by atoms with van der Waals surface area (Å²) in [6, 6.07) is 5.53. The molecule has 0 spiro atoms. The minimum atomic E-state index is 0.116.